The molecule has 4 nitrogen and oxygen atoms in total. The van der Waals surface area contributed by atoms with Gasteiger partial charge in [-0.15, -0.1) is 0 Å². The molecule has 0 unspecified atom stereocenters. The van der Waals surface area contributed by atoms with Crippen LogP contribution in [0.2, 0.25) is 0 Å². The van der Waals surface area contributed by atoms with Crippen LogP contribution in [0.5, 0.6) is 5.75 Å². The van der Waals surface area contributed by atoms with Gasteiger partial charge in [-0.25, -0.2) is 0 Å². The molecular weight excluding hydrogens is 254 g/mol. The Hall–Kier alpha value is -1.55. The fraction of sp³-hybridized carbons (Fsp3) is 0.562. The second kappa shape index (κ2) is 5.83. The molecule has 4 heteroatoms. The number of hydrogen-bond acceptors (Lipinski definition) is 3. The van der Waals surface area contributed by atoms with Gasteiger partial charge in [-0.3, -0.25) is 4.79 Å². The van der Waals surface area contributed by atoms with Gasteiger partial charge in [0.1, 0.15) is 5.75 Å². The summed E-state index contributed by atoms with van der Waals surface area (Å²) in [4.78, 5) is 12.0. The van der Waals surface area contributed by atoms with E-state index in [4.69, 9.17) is 9.47 Å². The number of amides is 1. The highest BCUT2D eigenvalue weighted by Gasteiger charge is 2.45. The van der Waals surface area contributed by atoms with Gasteiger partial charge in [0.05, 0.1) is 13.2 Å². The molecule has 1 aliphatic heterocycles. The van der Waals surface area contributed by atoms with Crippen molar-refractivity contribution < 1.29 is 14.3 Å². The van der Waals surface area contributed by atoms with Crippen molar-refractivity contribution >= 4 is 5.91 Å². The van der Waals surface area contributed by atoms with E-state index in [2.05, 4.69) is 5.32 Å². The predicted octanol–water partition coefficient (Wildman–Crippen LogP) is 1.92. The van der Waals surface area contributed by atoms with Gasteiger partial charge in [0.15, 0.2) is 0 Å². The number of fused-ring (bicyclic) bond motifs is 1. The molecule has 1 saturated carbocycles. The summed E-state index contributed by atoms with van der Waals surface area (Å²) in [5.74, 6) is 1.53. The van der Waals surface area contributed by atoms with E-state index < -0.39 is 0 Å². The SMILES string of the molecule is COc1ccccc1CCC(=O)N[C@@H]1C[C@H]2OCC[C@@H]12. The Morgan fingerprint density at radius 1 is 1.45 bits per heavy atom. The molecule has 0 radical (unpaired) electrons. The quantitative estimate of drug-likeness (QED) is 0.893. The normalized spacial score (nSPS) is 27.6. The van der Waals surface area contributed by atoms with E-state index in [1.165, 1.54) is 0 Å². The van der Waals surface area contributed by atoms with Gasteiger partial charge in [-0.2, -0.15) is 0 Å². The third-order valence-corrected chi connectivity index (χ3v) is 4.42. The fourth-order valence-electron chi connectivity index (χ4n) is 3.20. The van der Waals surface area contributed by atoms with Crippen LogP contribution in [0.25, 0.3) is 0 Å². The van der Waals surface area contributed by atoms with Crippen LogP contribution in [0.4, 0.5) is 0 Å². The molecular formula is C16H21NO3. The van der Waals surface area contributed by atoms with Gasteiger partial charge < -0.3 is 14.8 Å². The van der Waals surface area contributed by atoms with Crippen LogP contribution in [0, 0.1) is 5.92 Å². The molecule has 2 aliphatic rings. The minimum atomic E-state index is 0.131. The molecule has 1 aromatic rings. The first-order valence-corrected chi connectivity index (χ1v) is 7.31. The van der Waals surface area contributed by atoms with Crippen LogP contribution in [-0.4, -0.2) is 31.8 Å². The highest BCUT2D eigenvalue weighted by atomic mass is 16.5. The van der Waals surface area contributed by atoms with E-state index >= 15 is 0 Å². The molecule has 0 aromatic heterocycles. The molecule has 3 atom stereocenters. The van der Waals surface area contributed by atoms with Crippen LogP contribution in [0.1, 0.15) is 24.8 Å². The second-order valence-corrected chi connectivity index (χ2v) is 5.58. The number of carbonyl (C=O) groups excluding carboxylic acids is 1. The Labute approximate surface area is 119 Å². The van der Waals surface area contributed by atoms with Crippen LogP contribution in [0.15, 0.2) is 24.3 Å². The molecule has 1 aliphatic carbocycles. The van der Waals surface area contributed by atoms with E-state index in [9.17, 15) is 4.79 Å². The van der Waals surface area contributed by atoms with Gasteiger partial charge >= 0.3 is 0 Å². The highest BCUT2D eigenvalue weighted by Crippen LogP contribution is 2.38. The molecule has 1 heterocycles. The largest absolute Gasteiger partial charge is 0.496 e. The first-order chi connectivity index (χ1) is 9.78. The van der Waals surface area contributed by atoms with Gasteiger partial charge in [0.2, 0.25) is 5.91 Å². The Morgan fingerprint density at radius 3 is 3.10 bits per heavy atom. The molecule has 108 valence electrons. The molecule has 2 fully saturated rings. The minimum Gasteiger partial charge on any atom is -0.496 e. The number of carbonyl (C=O) groups is 1. The number of ether oxygens (including phenoxy) is 2. The summed E-state index contributed by atoms with van der Waals surface area (Å²) in [5.41, 5.74) is 1.08. The first-order valence-electron chi connectivity index (χ1n) is 7.31. The fourth-order valence-corrected chi connectivity index (χ4v) is 3.20. The molecule has 20 heavy (non-hydrogen) atoms. The standard InChI is InChI=1S/C16H21NO3/c1-19-14-5-3-2-4-11(14)6-7-16(18)17-13-10-15-12(13)8-9-20-15/h2-5,12-13,15H,6-10H2,1H3,(H,17,18)/t12-,13+,15+/m0/s1. The lowest BCUT2D eigenvalue weighted by atomic mass is 9.76. The lowest BCUT2D eigenvalue weighted by Gasteiger charge is -2.39. The van der Waals surface area contributed by atoms with E-state index in [0.717, 1.165) is 30.8 Å². The smallest absolute Gasteiger partial charge is 0.220 e. The van der Waals surface area contributed by atoms with Crippen LogP contribution in [0.3, 0.4) is 0 Å². The van der Waals surface area contributed by atoms with Gasteiger partial charge in [0, 0.05) is 25.0 Å². The molecule has 0 spiro atoms. The molecule has 1 saturated heterocycles. The van der Waals surface area contributed by atoms with E-state index in [0.29, 0.717) is 30.9 Å². The number of benzene rings is 1. The summed E-state index contributed by atoms with van der Waals surface area (Å²) in [6.45, 7) is 0.850. The van der Waals surface area contributed by atoms with Gasteiger partial charge in [-0.1, -0.05) is 18.2 Å². The Kier molecular flexibility index (Phi) is 3.92. The number of para-hydroxylation sites is 1. The summed E-state index contributed by atoms with van der Waals surface area (Å²) in [6.07, 6.45) is 3.68. The molecule has 1 aromatic carbocycles. The van der Waals surface area contributed by atoms with Gasteiger partial charge in [-0.05, 0) is 30.9 Å². The lowest BCUT2D eigenvalue weighted by molar-refractivity contribution is -0.124. The topological polar surface area (TPSA) is 47.6 Å². The Bertz CT molecular complexity index is 488. The molecule has 1 N–H and O–H groups in total. The number of nitrogens with one attached hydrogen (secondary N) is 1. The highest BCUT2D eigenvalue weighted by molar-refractivity contribution is 5.76. The third kappa shape index (κ3) is 2.66. The van der Waals surface area contributed by atoms with E-state index in [1.54, 1.807) is 7.11 Å². The van der Waals surface area contributed by atoms with Gasteiger partial charge in [0.25, 0.3) is 0 Å². The zero-order valence-corrected chi connectivity index (χ0v) is 11.8. The molecule has 1 amide bonds. The minimum absolute atomic E-state index is 0.131. The first kappa shape index (κ1) is 13.4. The maximum atomic E-state index is 12.0. The average Bonchev–Trinajstić information content (AvgIpc) is 2.84. The average molecular weight is 275 g/mol. The number of methoxy groups -OCH3 is 1. The predicted molar refractivity (Wildman–Crippen MR) is 75.7 cm³/mol. The van der Waals surface area contributed by atoms with Crippen LogP contribution in [-0.2, 0) is 16.0 Å². The monoisotopic (exact) mass is 275 g/mol. The van der Waals surface area contributed by atoms with E-state index in [1.807, 2.05) is 24.3 Å². The summed E-state index contributed by atoms with van der Waals surface area (Å²) in [5, 5.41) is 3.14. The van der Waals surface area contributed by atoms with Crippen LogP contribution < -0.4 is 10.1 Å². The van der Waals surface area contributed by atoms with Crippen molar-refractivity contribution in [1.82, 2.24) is 5.32 Å². The zero-order chi connectivity index (χ0) is 13.9. The van der Waals surface area contributed by atoms with Crippen molar-refractivity contribution in [2.24, 2.45) is 5.92 Å². The van der Waals surface area contributed by atoms with Crippen molar-refractivity contribution in [3.63, 3.8) is 0 Å². The summed E-state index contributed by atoms with van der Waals surface area (Å²) in [7, 11) is 1.66. The summed E-state index contributed by atoms with van der Waals surface area (Å²) >= 11 is 0. The number of hydrogen-bond donors (Lipinski definition) is 1. The van der Waals surface area contributed by atoms with Crippen LogP contribution >= 0.6 is 0 Å². The van der Waals surface area contributed by atoms with E-state index in [-0.39, 0.29) is 5.91 Å². The molecule has 3 rings (SSSR count). The third-order valence-electron chi connectivity index (χ3n) is 4.42. The molecule has 0 bridgehead atoms. The Balaban J connectivity index is 1.47. The van der Waals surface area contributed by atoms with Crippen molar-refractivity contribution in [2.45, 2.75) is 37.8 Å². The second-order valence-electron chi connectivity index (χ2n) is 5.58. The van der Waals surface area contributed by atoms with Crippen molar-refractivity contribution in [2.75, 3.05) is 13.7 Å². The Morgan fingerprint density at radius 2 is 2.30 bits per heavy atom. The zero-order valence-electron chi connectivity index (χ0n) is 11.8. The maximum Gasteiger partial charge on any atom is 0.220 e. The summed E-state index contributed by atoms with van der Waals surface area (Å²) < 4.78 is 10.9. The van der Waals surface area contributed by atoms with Crippen molar-refractivity contribution in [3.05, 3.63) is 29.8 Å². The number of rotatable bonds is 5. The summed E-state index contributed by atoms with van der Waals surface area (Å²) in [6, 6.07) is 8.18. The van der Waals surface area contributed by atoms with Crippen molar-refractivity contribution in [3.8, 4) is 5.75 Å². The number of aryl methyl sites for hydroxylation is 1. The lowest BCUT2D eigenvalue weighted by Crippen LogP contribution is -2.53. The maximum absolute atomic E-state index is 12.0. The van der Waals surface area contributed by atoms with Crippen molar-refractivity contribution in [1.29, 1.82) is 0 Å².